The first-order valence-electron chi connectivity index (χ1n) is 11.4. The standard InChI is InChI=1S/C24H33NO6/c1-25(19-7-3-2-4-8-19)24(27)22-14-18(15-23(31-22)28-12-6-5-11-26)17-9-10-20-21(13-17)30-16-29-20/h9-10,13-14,18-19,23,26H,2-8,11-12,15-16H2,1H3/t18-,23+/m1/s1. The van der Waals surface area contributed by atoms with Crippen molar-refractivity contribution in [2.45, 2.75) is 69.6 Å². The second kappa shape index (κ2) is 10.4. The molecule has 0 aromatic heterocycles. The fourth-order valence-electron chi connectivity index (χ4n) is 4.52. The third-order valence-corrected chi connectivity index (χ3v) is 6.39. The van der Waals surface area contributed by atoms with Gasteiger partial charge in [0.25, 0.3) is 5.91 Å². The van der Waals surface area contributed by atoms with Gasteiger partial charge in [0.1, 0.15) is 0 Å². The van der Waals surface area contributed by atoms with Crippen molar-refractivity contribution in [2.75, 3.05) is 27.1 Å². The maximum absolute atomic E-state index is 13.3. The normalized spacial score (nSPS) is 23.2. The number of aliphatic hydroxyl groups is 1. The molecule has 2 aliphatic heterocycles. The van der Waals surface area contributed by atoms with Crippen LogP contribution in [0.4, 0.5) is 0 Å². The molecular weight excluding hydrogens is 398 g/mol. The van der Waals surface area contributed by atoms with E-state index < -0.39 is 6.29 Å². The quantitative estimate of drug-likeness (QED) is 0.633. The molecule has 31 heavy (non-hydrogen) atoms. The van der Waals surface area contributed by atoms with E-state index in [0.717, 1.165) is 36.3 Å². The maximum Gasteiger partial charge on any atom is 0.288 e. The van der Waals surface area contributed by atoms with Crippen LogP contribution in [-0.4, -0.2) is 55.3 Å². The predicted molar refractivity (Wildman–Crippen MR) is 115 cm³/mol. The number of ether oxygens (including phenoxy) is 4. The number of likely N-dealkylation sites (N-methyl/N-ethyl adjacent to an activating group) is 1. The van der Waals surface area contributed by atoms with E-state index in [1.54, 1.807) is 0 Å². The predicted octanol–water partition coefficient (Wildman–Crippen LogP) is 3.71. The van der Waals surface area contributed by atoms with Gasteiger partial charge in [-0.25, -0.2) is 0 Å². The molecule has 2 atom stereocenters. The smallest absolute Gasteiger partial charge is 0.288 e. The van der Waals surface area contributed by atoms with Crippen LogP contribution in [0, 0.1) is 0 Å². The monoisotopic (exact) mass is 431 g/mol. The lowest BCUT2D eigenvalue weighted by Gasteiger charge is -2.34. The van der Waals surface area contributed by atoms with Gasteiger partial charge < -0.3 is 29.0 Å². The van der Waals surface area contributed by atoms with E-state index in [0.29, 0.717) is 25.2 Å². The zero-order chi connectivity index (χ0) is 21.6. The molecule has 0 radical (unpaired) electrons. The number of aliphatic hydroxyl groups excluding tert-OH is 1. The average Bonchev–Trinajstić information content (AvgIpc) is 3.29. The summed E-state index contributed by atoms with van der Waals surface area (Å²) in [6.07, 6.45) is 9.13. The highest BCUT2D eigenvalue weighted by Crippen LogP contribution is 2.39. The largest absolute Gasteiger partial charge is 0.459 e. The number of allylic oxidation sites excluding steroid dienone is 1. The van der Waals surface area contributed by atoms with Crippen molar-refractivity contribution < 1.29 is 28.8 Å². The van der Waals surface area contributed by atoms with Crippen LogP contribution in [0.15, 0.2) is 30.0 Å². The van der Waals surface area contributed by atoms with Crippen molar-refractivity contribution in [3.8, 4) is 11.5 Å². The lowest BCUT2D eigenvalue weighted by atomic mass is 9.91. The van der Waals surface area contributed by atoms with Crippen LogP contribution >= 0.6 is 0 Å². The molecule has 2 heterocycles. The van der Waals surface area contributed by atoms with E-state index in [1.165, 1.54) is 19.3 Å². The first-order chi connectivity index (χ1) is 15.2. The van der Waals surface area contributed by atoms with Crippen molar-refractivity contribution in [2.24, 2.45) is 0 Å². The molecule has 1 aromatic rings. The Morgan fingerprint density at radius 1 is 1.16 bits per heavy atom. The lowest BCUT2D eigenvalue weighted by molar-refractivity contribution is -0.153. The first-order valence-corrected chi connectivity index (χ1v) is 11.4. The molecule has 7 heteroatoms. The number of nitrogens with zero attached hydrogens (tertiary/aromatic N) is 1. The molecule has 1 amide bonds. The summed E-state index contributed by atoms with van der Waals surface area (Å²) in [5.41, 5.74) is 1.04. The van der Waals surface area contributed by atoms with Gasteiger partial charge in [-0.2, -0.15) is 0 Å². The van der Waals surface area contributed by atoms with E-state index in [2.05, 4.69) is 0 Å². The summed E-state index contributed by atoms with van der Waals surface area (Å²) >= 11 is 0. The Morgan fingerprint density at radius 3 is 2.77 bits per heavy atom. The van der Waals surface area contributed by atoms with Crippen molar-refractivity contribution in [1.29, 1.82) is 0 Å². The fraction of sp³-hybridized carbons (Fsp3) is 0.625. The minimum Gasteiger partial charge on any atom is -0.459 e. The molecular formula is C24H33NO6. The minimum absolute atomic E-state index is 0.0233. The van der Waals surface area contributed by atoms with Crippen molar-refractivity contribution in [1.82, 2.24) is 4.90 Å². The molecule has 4 rings (SSSR count). The van der Waals surface area contributed by atoms with Gasteiger partial charge >= 0.3 is 0 Å². The molecule has 1 aliphatic carbocycles. The zero-order valence-electron chi connectivity index (χ0n) is 18.3. The minimum atomic E-state index is -0.502. The molecule has 1 N–H and O–H groups in total. The molecule has 0 bridgehead atoms. The van der Waals surface area contributed by atoms with Gasteiger partial charge in [0.15, 0.2) is 17.3 Å². The highest BCUT2D eigenvalue weighted by Gasteiger charge is 2.33. The number of hydrogen-bond donors (Lipinski definition) is 1. The second-order valence-electron chi connectivity index (χ2n) is 8.54. The van der Waals surface area contributed by atoms with Crippen molar-refractivity contribution >= 4 is 5.91 Å². The summed E-state index contributed by atoms with van der Waals surface area (Å²) in [6, 6.07) is 6.16. The van der Waals surface area contributed by atoms with Crippen LogP contribution < -0.4 is 9.47 Å². The molecule has 1 aromatic carbocycles. The lowest BCUT2D eigenvalue weighted by Crippen LogP contribution is -2.41. The third-order valence-electron chi connectivity index (χ3n) is 6.39. The number of carbonyl (C=O) groups is 1. The molecule has 0 spiro atoms. The van der Waals surface area contributed by atoms with Crippen LogP contribution in [0.2, 0.25) is 0 Å². The first kappa shape index (κ1) is 22.0. The van der Waals surface area contributed by atoms with E-state index in [1.807, 2.05) is 36.2 Å². The summed E-state index contributed by atoms with van der Waals surface area (Å²) in [6.45, 7) is 0.860. The number of hydrogen-bond acceptors (Lipinski definition) is 6. The Balaban J connectivity index is 1.51. The van der Waals surface area contributed by atoms with E-state index in [9.17, 15) is 4.79 Å². The Morgan fingerprint density at radius 2 is 1.97 bits per heavy atom. The molecule has 3 aliphatic rings. The zero-order valence-corrected chi connectivity index (χ0v) is 18.3. The van der Waals surface area contributed by atoms with Gasteiger partial charge in [0.05, 0.1) is 6.61 Å². The Hall–Kier alpha value is -2.25. The maximum atomic E-state index is 13.3. The van der Waals surface area contributed by atoms with E-state index >= 15 is 0 Å². The van der Waals surface area contributed by atoms with Crippen molar-refractivity contribution in [3.05, 3.63) is 35.6 Å². The van der Waals surface area contributed by atoms with Crippen LogP contribution in [0.5, 0.6) is 11.5 Å². The van der Waals surface area contributed by atoms with Gasteiger partial charge in [-0.15, -0.1) is 0 Å². The molecule has 0 unspecified atom stereocenters. The summed E-state index contributed by atoms with van der Waals surface area (Å²) in [4.78, 5) is 15.1. The van der Waals surface area contributed by atoms with Gasteiger partial charge in [-0.1, -0.05) is 25.3 Å². The van der Waals surface area contributed by atoms with Gasteiger partial charge in [-0.05, 0) is 49.5 Å². The van der Waals surface area contributed by atoms with Crippen LogP contribution in [0.3, 0.4) is 0 Å². The summed E-state index contributed by atoms with van der Waals surface area (Å²) in [5.74, 6) is 1.72. The number of benzene rings is 1. The second-order valence-corrected chi connectivity index (χ2v) is 8.54. The fourth-order valence-corrected chi connectivity index (χ4v) is 4.52. The summed E-state index contributed by atoms with van der Waals surface area (Å²) in [7, 11) is 1.88. The third kappa shape index (κ3) is 5.33. The molecule has 0 saturated heterocycles. The van der Waals surface area contributed by atoms with Gasteiger partial charge in [0, 0.05) is 32.0 Å². The molecule has 1 saturated carbocycles. The van der Waals surface area contributed by atoms with Gasteiger partial charge in [-0.3, -0.25) is 4.79 Å². The average molecular weight is 432 g/mol. The molecule has 7 nitrogen and oxygen atoms in total. The van der Waals surface area contributed by atoms with E-state index in [-0.39, 0.29) is 31.3 Å². The highest BCUT2D eigenvalue weighted by atomic mass is 16.7. The molecule has 1 fully saturated rings. The number of carbonyl (C=O) groups excluding carboxylic acids is 1. The number of unbranched alkanes of at least 4 members (excludes halogenated alkanes) is 1. The topological polar surface area (TPSA) is 77.5 Å². The van der Waals surface area contributed by atoms with E-state index in [4.69, 9.17) is 24.1 Å². The summed E-state index contributed by atoms with van der Waals surface area (Å²) in [5, 5.41) is 9.00. The van der Waals surface area contributed by atoms with Crippen molar-refractivity contribution in [3.63, 3.8) is 0 Å². The number of fused-ring (bicyclic) bond motifs is 1. The van der Waals surface area contributed by atoms with Crippen LogP contribution in [-0.2, 0) is 14.3 Å². The van der Waals surface area contributed by atoms with Crippen LogP contribution in [0.1, 0.15) is 62.8 Å². The SMILES string of the molecule is CN(C(=O)C1=C[C@@H](c2ccc3c(c2)OCO3)C[C@@H](OCCCCO)O1)C1CCCCC1. The number of rotatable bonds is 8. The Bertz CT molecular complexity index is 788. The van der Waals surface area contributed by atoms with Gasteiger partial charge in [0.2, 0.25) is 13.1 Å². The highest BCUT2D eigenvalue weighted by molar-refractivity contribution is 5.91. The Labute approximate surface area is 183 Å². The van der Waals surface area contributed by atoms with Crippen LogP contribution in [0.25, 0.3) is 0 Å². The summed E-state index contributed by atoms with van der Waals surface area (Å²) < 4.78 is 22.9. The number of amides is 1. The Kier molecular flexibility index (Phi) is 7.35. The molecule has 170 valence electrons.